The number of carbonyl (C=O) groups is 4. The summed E-state index contributed by atoms with van der Waals surface area (Å²) in [5.41, 5.74) is 32.0. The minimum atomic E-state index is -0.517. The molecule has 0 bridgehead atoms. The minimum absolute atomic E-state index is 0.0108. The Morgan fingerprint density at radius 3 is 0.947 bits per heavy atom. The number of carbonyl (C=O) groups excluding carboxylic acids is 4. The van der Waals surface area contributed by atoms with Crippen molar-refractivity contribution < 1.29 is 28.7 Å². The second-order valence-corrected chi connectivity index (χ2v) is 19.6. The van der Waals surface area contributed by atoms with E-state index in [1.165, 1.54) is 46.0 Å². The maximum atomic E-state index is 13.0. The summed E-state index contributed by atoms with van der Waals surface area (Å²) < 4.78 is 11.4. The normalized spacial score (nSPS) is 10.5. The van der Waals surface area contributed by atoms with Gasteiger partial charge in [-0.05, 0) is 262 Å². The first-order valence-electron chi connectivity index (χ1n) is 24.7. The zero-order valence-corrected chi connectivity index (χ0v) is 46.1. The van der Waals surface area contributed by atoms with E-state index < -0.39 is 10.5 Å². The number of nitrogens with one attached hydrogen (secondary N) is 2. The van der Waals surface area contributed by atoms with Crippen molar-refractivity contribution in [3.63, 3.8) is 0 Å². The second-order valence-electron chi connectivity index (χ2n) is 19.0. The summed E-state index contributed by atoms with van der Waals surface area (Å²) in [7, 11) is 1.95. The number of Topliss-reactive ketones (excluding diaryl/α,β-unsaturated/α-hetero) is 1. The van der Waals surface area contributed by atoms with Crippen LogP contribution in [0.4, 0.5) is 22.7 Å². The van der Waals surface area contributed by atoms with Crippen LogP contribution in [0, 0.1) is 55.4 Å². The number of aryl methyl sites for hydroxylation is 8. The number of benzene rings is 8. The van der Waals surface area contributed by atoms with Gasteiger partial charge in [0.1, 0.15) is 23.0 Å². The van der Waals surface area contributed by atoms with Crippen LogP contribution in [-0.2, 0) is 12.8 Å². The van der Waals surface area contributed by atoms with Crippen LogP contribution >= 0.6 is 23.2 Å². The van der Waals surface area contributed by atoms with Crippen LogP contribution in [0.2, 0.25) is 0 Å². The van der Waals surface area contributed by atoms with E-state index in [-0.39, 0.29) is 11.7 Å². The highest BCUT2D eigenvalue weighted by molar-refractivity contribution is 6.68. The summed E-state index contributed by atoms with van der Waals surface area (Å²) in [6.07, 6.45) is 1.75. The van der Waals surface area contributed by atoms with Gasteiger partial charge in [-0.2, -0.15) is 0 Å². The highest BCUT2D eigenvalue weighted by atomic mass is 35.5. The molecule has 0 aromatic heterocycles. The number of anilines is 4. The molecule has 12 heteroatoms. The minimum Gasteiger partial charge on any atom is -0.457 e. The molecule has 0 aliphatic rings. The van der Waals surface area contributed by atoms with E-state index >= 15 is 0 Å². The van der Waals surface area contributed by atoms with Crippen LogP contribution in [-0.4, -0.2) is 29.2 Å². The van der Waals surface area contributed by atoms with Gasteiger partial charge in [0.25, 0.3) is 16.4 Å². The lowest BCUT2D eigenvalue weighted by atomic mass is 9.96. The first-order valence-corrected chi connectivity index (χ1v) is 25.4. The number of ether oxygens (including phenoxy) is 2. The Labute approximate surface area is 456 Å². The molecule has 8 aromatic rings. The molecular formula is C64H64Cl2N4O6. The molecule has 0 radical (unpaired) electrons. The number of amides is 1. The molecule has 0 aliphatic heterocycles. The van der Waals surface area contributed by atoms with E-state index in [1.807, 2.05) is 20.9 Å². The average Bonchev–Trinajstić information content (AvgIpc) is 3.37. The average molecular weight is 1060 g/mol. The Balaban J connectivity index is 0.000000206. The number of hydrogen-bond donors (Lipinski definition) is 4. The van der Waals surface area contributed by atoms with Gasteiger partial charge in [-0.3, -0.25) is 19.2 Å². The molecule has 8 aromatic carbocycles. The molecule has 0 heterocycles. The zero-order chi connectivity index (χ0) is 55.4. The number of nitrogens with two attached hydrogens (primary N) is 2. The maximum Gasteiger partial charge on any atom is 0.255 e. The molecule has 8 rings (SSSR count). The smallest absolute Gasteiger partial charge is 0.255 e. The Hall–Kier alpha value is -8.18. The van der Waals surface area contributed by atoms with Gasteiger partial charge in [0, 0.05) is 52.1 Å². The first kappa shape index (κ1) is 57.1. The fourth-order valence-electron chi connectivity index (χ4n) is 8.90. The Kier molecular flexibility index (Phi) is 19.4. The standard InChI is InChI=1S/C33H34N2O3.C17H22N2.C14H8Cl2O3/c1-20-15-25(16-21(2)31(20)34-6)19-26-17-22(3)32(23(4)18-26)35-33(37)28-9-13-30(14-10-28)38-29-11-7-27(8-12-29)24(5)36;1-10-5-14(6-11(2)16(10)18)9-15-7-12(3)17(19)13(4)8-15;15-13(17)9-1-5-11(6-2-9)19-12-7-3-10(4-8-12)14(16)18/h7-18,34H,19H2,1-6H3,(H,35,37);5-8H,9,18-19H2,1-4H3;1-8H. The van der Waals surface area contributed by atoms with Crippen molar-refractivity contribution in [1.82, 2.24) is 0 Å². The van der Waals surface area contributed by atoms with Crippen LogP contribution in [0.5, 0.6) is 23.0 Å². The Morgan fingerprint density at radius 1 is 0.408 bits per heavy atom. The molecule has 0 fully saturated rings. The van der Waals surface area contributed by atoms with Gasteiger partial charge in [-0.15, -0.1) is 0 Å². The lowest BCUT2D eigenvalue weighted by molar-refractivity contribution is 0.101. The van der Waals surface area contributed by atoms with Crippen molar-refractivity contribution >= 4 is 68.1 Å². The third-order valence-electron chi connectivity index (χ3n) is 12.8. The van der Waals surface area contributed by atoms with Crippen molar-refractivity contribution in [2.45, 2.75) is 75.2 Å². The van der Waals surface area contributed by atoms with Crippen LogP contribution in [0.25, 0.3) is 0 Å². The van der Waals surface area contributed by atoms with Gasteiger partial charge < -0.3 is 31.6 Å². The van der Waals surface area contributed by atoms with Crippen LogP contribution in [0.1, 0.15) is 115 Å². The van der Waals surface area contributed by atoms with Crippen LogP contribution in [0.3, 0.4) is 0 Å². The Bertz CT molecular complexity index is 3210. The predicted octanol–water partition coefficient (Wildman–Crippen LogP) is 15.7. The molecular weight excluding hydrogens is 992 g/mol. The molecule has 10 nitrogen and oxygen atoms in total. The molecule has 76 heavy (non-hydrogen) atoms. The number of nitrogen functional groups attached to an aromatic ring is 2. The number of rotatable bonds is 14. The van der Waals surface area contributed by atoms with Gasteiger partial charge in [0.15, 0.2) is 5.78 Å². The monoisotopic (exact) mass is 1050 g/mol. The van der Waals surface area contributed by atoms with Crippen LogP contribution in [0.15, 0.2) is 146 Å². The quantitative estimate of drug-likeness (QED) is 0.0472. The SMILES string of the molecule is CNc1c(C)cc(Cc2cc(C)c(NC(=O)c3ccc(Oc4ccc(C(C)=O)cc4)cc3)c(C)c2)cc1C.Cc1cc(Cc2cc(C)c(N)c(C)c2)cc(C)c1N.O=C(Cl)c1ccc(Oc2ccc(C(=O)Cl)cc2)cc1. The van der Waals surface area contributed by atoms with Gasteiger partial charge in [-0.25, -0.2) is 0 Å². The van der Waals surface area contributed by atoms with Crippen molar-refractivity contribution in [1.29, 1.82) is 0 Å². The summed E-state index contributed by atoms with van der Waals surface area (Å²) >= 11 is 10.7. The summed E-state index contributed by atoms with van der Waals surface area (Å²) in [5, 5.41) is 5.32. The highest BCUT2D eigenvalue weighted by Gasteiger charge is 2.14. The summed E-state index contributed by atoms with van der Waals surface area (Å²) in [5.74, 6) is 2.20. The molecule has 390 valence electrons. The molecule has 1 amide bonds. The lowest BCUT2D eigenvalue weighted by Gasteiger charge is -2.16. The topological polar surface area (TPSA) is 163 Å². The molecule has 0 saturated heterocycles. The number of hydrogen-bond acceptors (Lipinski definition) is 9. The van der Waals surface area contributed by atoms with E-state index in [9.17, 15) is 19.2 Å². The lowest BCUT2D eigenvalue weighted by Crippen LogP contribution is -2.14. The molecule has 0 aliphatic carbocycles. The van der Waals surface area contributed by atoms with Crippen molar-refractivity contribution in [3.05, 3.63) is 235 Å². The van der Waals surface area contributed by atoms with Gasteiger partial charge in [0.05, 0.1) is 0 Å². The molecule has 0 spiro atoms. The van der Waals surface area contributed by atoms with E-state index in [2.05, 4.69) is 101 Å². The molecule has 0 unspecified atom stereocenters. The van der Waals surface area contributed by atoms with Crippen LogP contribution < -0.4 is 31.6 Å². The number of ketones is 1. The predicted molar refractivity (Wildman–Crippen MR) is 312 cm³/mol. The van der Waals surface area contributed by atoms with E-state index in [1.54, 1.807) is 97.1 Å². The fraction of sp³-hybridized carbons (Fsp3) is 0.188. The number of halogens is 2. The van der Waals surface area contributed by atoms with Crippen molar-refractivity contribution in [3.8, 4) is 23.0 Å². The van der Waals surface area contributed by atoms with Gasteiger partial charge >= 0.3 is 0 Å². The van der Waals surface area contributed by atoms with Gasteiger partial charge in [-0.1, -0.05) is 48.5 Å². The van der Waals surface area contributed by atoms with Gasteiger partial charge in [0.2, 0.25) is 0 Å². The third kappa shape index (κ3) is 15.4. The molecule has 0 saturated carbocycles. The Morgan fingerprint density at radius 2 is 0.671 bits per heavy atom. The summed E-state index contributed by atoms with van der Waals surface area (Å²) in [6.45, 7) is 18.1. The summed E-state index contributed by atoms with van der Waals surface area (Å²) in [4.78, 5) is 46.2. The highest BCUT2D eigenvalue weighted by Crippen LogP contribution is 2.30. The zero-order valence-electron chi connectivity index (χ0n) is 44.6. The molecule has 0 atom stereocenters. The first-order chi connectivity index (χ1) is 36.1. The van der Waals surface area contributed by atoms with E-state index in [0.717, 1.165) is 63.3 Å². The summed E-state index contributed by atoms with van der Waals surface area (Å²) in [6, 6.07) is 44.2. The largest absolute Gasteiger partial charge is 0.457 e. The van der Waals surface area contributed by atoms with E-state index in [0.29, 0.717) is 45.3 Å². The second kappa shape index (κ2) is 25.9. The van der Waals surface area contributed by atoms with Crippen molar-refractivity contribution in [2.24, 2.45) is 0 Å². The third-order valence-corrected chi connectivity index (χ3v) is 13.2. The maximum absolute atomic E-state index is 13.0. The van der Waals surface area contributed by atoms with E-state index in [4.69, 9.17) is 44.1 Å². The fourth-order valence-corrected chi connectivity index (χ4v) is 9.16. The molecule has 6 N–H and O–H groups in total. The van der Waals surface area contributed by atoms with Crippen molar-refractivity contribution in [2.75, 3.05) is 29.1 Å².